The molecule has 0 amide bonds. The second kappa shape index (κ2) is 6.98. The van der Waals surface area contributed by atoms with E-state index in [0.29, 0.717) is 17.2 Å². The molecule has 0 aliphatic heterocycles. The van der Waals surface area contributed by atoms with E-state index in [2.05, 4.69) is 20.3 Å². The van der Waals surface area contributed by atoms with Crippen molar-refractivity contribution >= 4 is 34.4 Å². The number of allylic oxidation sites excluding steroid dienone is 1. The summed E-state index contributed by atoms with van der Waals surface area (Å²) >= 11 is 5.92. The zero-order valence-corrected chi connectivity index (χ0v) is 13.0. The normalized spacial score (nSPS) is 11.4. The fourth-order valence-electron chi connectivity index (χ4n) is 2.13. The third-order valence-electron chi connectivity index (χ3n) is 3.31. The summed E-state index contributed by atoms with van der Waals surface area (Å²) in [6.45, 7) is 0.658. The van der Waals surface area contributed by atoms with E-state index in [4.69, 9.17) is 17.0 Å². The fourth-order valence-corrected chi connectivity index (χ4v) is 2.28. The van der Waals surface area contributed by atoms with Crippen molar-refractivity contribution in [2.75, 3.05) is 0 Å². The fraction of sp³-hybridized carbons (Fsp3) is 0.0588. The molecule has 2 N–H and O–H groups in total. The van der Waals surface area contributed by atoms with Crippen molar-refractivity contribution in [2.45, 2.75) is 6.54 Å². The molecule has 0 saturated carbocycles. The maximum Gasteiger partial charge on any atom is 0.129 e. The highest BCUT2D eigenvalue weighted by Crippen LogP contribution is 2.18. The molecule has 3 heterocycles. The summed E-state index contributed by atoms with van der Waals surface area (Å²) in [7, 11) is 0. The molecule has 3 aromatic rings. The van der Waals surface area contributed by atoms with E-state index >= 15 is 0 Å². The lowest BCUT2D eigenvalue weighted by Gasteiger charge is -2.06. The number of pyridine rings is 3. The topological polar surface area (TPSA) is 74.6 Å². The summed E-state index contributed by atoms with van der Waals surface area (Å²) in [6, 6.07) is 9.28. The Labute approximate surface area is 138 Å². The van der Waals surface area contributed by atoms with Gasteiger partial charge >= 0.3 is 0 Å². The number of halogens is 1. The maximum absolute atomic E-state index is 7.61. The summed E-state index contributed by atoms with van der Waals surface area (Å²) in [5.41, 5.74) is 4.12. The summed E-state index contributed by atoms with van der Waals surface area (Å²) in [4.78, 5) is 12.6. The van der Waals surface area contributed by atoms with Crippen molar-refractivity contribution in [2.24, 2.45) is 0 Å². The average Bonchev–Trinajstić information content (AvgIpc) is 2.59. The van der Waals surface area contributed by atoms with Crippen LogP contribution in [0.4, 0.5) is 0 Å². The van der Waals surface area contributed by atoms with Crippen LogP contribution in [0.3, 0.4) is 0 Å². The first-order valence-electron chi connectivity index (χ1n) is 7.02. The Morgan fingerprint density at radius 1 is 1.17 bits per heavy atom. The number of rotatable bonds is 5. The Balaban J connectivity index is 1.82. The number of aromatic nitrogens is 3. The second-order valence-electron chi connectivity index (χ2n) is 4.88. The van der Waals surface area contributed by atoms with Crippen LogP contribution in [0.5, 0.6) is 0 Å². The van der Waals surface area contributed by atoms with E-state index in [-0.39, 0.29) is 0 Å². The van der Waals surface area contributed by atoms with Crippen LogP contribution >= 0.6 is 11.6 Å². The van der Waals surface area contributed by atoms with E-state index in [0.717, 1.165) is 22.2 Å². The van der Waals surface area contributed by atoms with Crippen molar-refractivity contribution in [3.63, 3.8) is 0 Å². The van der Waals surface area contributed by atoms with Gasteiger partial charge in [0.05, 0.1) is 11.0 Å². The summed E-state index contributed by atoms with van der Waals surface area (Å²) in [6.07, 6.45) is 8.30. The van der Waals surface area contributed by atoms with Gasteiger partial charge in [-0.15, -0.1) is 0 Å². The van der Waals surface area contributed by atoms with Crippen LogP contribution in [0.1, 0.15) is 11.1 Å². The molecule has 0 saturated heterocycles. The first-order chi connectivity index (χ1) is 11.3. The Kier molecular flexibility index (Phi) is 4.59. The SMILES string of the molecule is N=C/C(=C\NCc1ccncc1)c1cnc2ccc(Cl)nc2c1. The smallest absolute Gasteiger partial charge is 0.129 e. The lowest BCUT2D eigenvalue weighted by atomic mass is 10.1. The maximum atomic E-state index is 7.61. The van der Waals surface area contributed by atoms with Crippen molar-refractivity contribution in [1.29, 1.82) is 5.41 Å². The largest absolute Gasteiger partial charge is 0.386 e. The minimum atomic E-state index is 0.424. The molecule has 5 nitrogen and oxygen atoms in total. The molecule has 0 bridgehead atoms. The van der Waals surface area contributed by atoms with E-state index in [1.54, 1.807) is 30.9 Å². The molecule has 0 radical (unpaired) electrons. The van der Waals surface area contributed by atoms with Crippen LogP contribution in [-0.4, -0.2) is 21.2 Å². The Morgan fingerprint density at radius 2 is 2.00 bits per heavy atom. The van der Waals surface area contributed by atoms with E-state index in [1.165, 1.54) is 6.21 Å². The molecular weight excluding hydrogens is 310 g/mol. The molecule has 3 rings (SSSR count). The molecule has 6 heteroatoms. The van der Waals surface area contributed by atoms with Crippen molar-refractivity contribution < 1.29 is 0 Å². The van der Waals surface area contributed by atoms with Gasteiger partial charge in [-0.3, -0.25) is 9.97 Å². The van der Waals surface area contributed by atoms with Gasteiger partial charge in [-0.2, -0.15) is 0 Å². The second-order valence-corrected chi connectivity index (χ2v) is 5.26. The minimum Gasteiger partial charge on any atom is -0.386 e. The standard InChI is InChI=1S/C17H14ClN5/c18-17-2-1-15-16(23-17)7-13(11-22-15)14(8-19)10-21-9-12-3-5-20-6-4-12/h1-8,10-11,19,21H,9H2/b14-10+,19-8?. The third-order valence-corrected chi connectivity index (χ3v) is 3.52. The highest BCUT2D eigenvalue weighted by Gasteiger charge is 2.03. The highest BCUT2D eigenvalue weighted by atomic mass is 35.5. The molecule has 0 unspecified atom stereocenters. The van der Waals surface area contributed by atoms with Crippen LogP contribution < -0.4 is 5.32 Å². The molecule has 23 heavy (non-hydrogen) atoms. The Hall–Kier alpha value is -2.79. The van der Waals surface area contributed by atoms with Gasteiger partial charge in [0.2, 0.25) is 0 Å². The first-order valence-corrected chi connectivity index (χ1v) is 7.39. The summed E-state index contributed by atoms with van der Waals surface area (Å²) < 4.78 is 0. The summed E-state index contributed by atoms with van der Waals surface area (Å²) in [5.74, 6) is 0. The monoisotopic (exact) mass is 323 g/mol. The summed E-state index contributed by atoms with van der Waals surface area (Å²) in [5, 5.41) is 11.2. The predicted molar refractivity (Wildman–Crippen MR) is 92.4 cm³/mol. The average molecular weight is 324 g/mol. The van der Waals surface area contributed by atoms with Gasteiger partial charge in [-0.05, 0) is 35.9 Å². The number of hydrogen-bond donors (Lipinski definition) is 2. The van der Waals surface area contributed by atoms with E-state index in [9.17, 15) is 0 Å². The lowest BCUT2D eigenvalue weighted by molar-refractivity contribution is 0.870. The third kappa shape index (κ3) is 3.70. The number of hydrogen-bond acceptors (Lipinski definition) is 5. The predicted octanol–water partition coefficient (Wildman–Crippen LogP) is 3.46. The van der Waals surface area contributed by atoms with Gasteiger partial charge in [0.25, 0.3) is 0 Å². The number of nitrogens with one attached hydrogen (secondary N) is 2. The van der Waals surface area contributed by atoms with Crippen LogP contribution in [-0.2, 0) is 6.54 Å². The number of fused-ring (bicyclic) bond motifs is 1. The van der Waals surface area contributed by atoms with Gasteiger partial charge in [0.15, 0.2) is 0 Å². The molecule has 0 aliphatic rings. The van der Waals surface area contributed by atoms with E-state index < -0.39 is 0 Å². The highest BCUT2D eigenvalue weighted by molar-refractivity contribution is 6.29. The molecule has 0 fully saturated rings. The van der Waals surface area contributed by atoms with Gasteiger partial charge in [-0.25, -0.2) is 4.98 Å². The van der Waals surface area contributed by atoms with Gasteiger partial charge < -0.3 is 10.7 Å². The van der Waals surface area contributed by atoms with Gasteiger partial charge in [0, 0.05) is 48.7 Å². The van der Waals surface area contributed by atoms with Crippen molar-refractivity contribution in [3.8, 4) is 0 Å². The quantitative estimate of drug-likeness (QED) is 0.557. The molecule has 0 aromatic carbocycles. The number of nitrogens with zero attached hydrogens (tertiary/aromatic N) is 3. The minimum absolute atomic E-state index is 0.424. The van der Waals surface area contributed by atoms with Crippen LogP contribution in [0.2, 0.25) is 5.15 Å². The van der Waals surface area contributed by atoms with Gasteiger partial charge in [0.1, 0.15) is 5.15 Å². The Bertz CT molecular complexity index is 861. The van der Waals surface area contributed by atoms with Crippen LogP contribution in [0.15, 0.2) is 55.1 Å². The molecule has 114 valence electrons. The zero-order chi connectivity index (χ0) is 16.1. The Morgan fingerprint density at radius 3 is 2.78 bits per heavy atom. The van der Waals surface area contributed by atoms with Crippen LogP contribution in [0.25, 0.3) is 16.6 Å². The molecule has 0 aliphatic carbocycles. The van der Waals surface area contributed by atoms with Crippen molar-refractivity contribution in [1.82, 2.24) is 20.3 Å². The van der Waals surface area contributed by atoms with Crippen LogP contribution in [0, 0.1) is 5.41 Å². The molecule has 0 atom stereocenters. The van der Waals surface area contributed by atoms with E-state index in [1.807, 2.05) is 24.3 Å². The molecular formula is C17H14ClN5. The van der Waals surface area contributed by atoms with Gasteiger partial charge in [-0.1, -0.05) is 11.6 Å². The first kappa shape index (κ1) is 15.1. The van der Waals surface area contributed by atoms with Crippen molar-refractivity contribution in [3.05, 3.63) is 71.4 Å². The zero-order valence-electron chi connectivity index (χ0n) is 12.2. The molecule has 0 spiro atoms. The lowest BCUT2D eigenvalue weighted by Crippen LogP contribution is -2.06. The molecule has 3 aromatic heterocycles.